The van der Waals surface area contributed by atoms with E-state index >= 15 is 0 Å². The summed E-state index contributed by atoms with van der Waals surface area (Å²) in [7, 11) is 0. The number of carboxylic acids is 1. The molecule has 1 aliphatic heterocycles. The molecule has 6 heteroatoms. The minimum Gasteiger partial charge on any atom is -0.480 e. The second kappa shape index (κ2) is 7.33. The fraction of sp³-hybridized carbons (Fsp3) is 0.846. The minimum absolute atomic E-state index is 0.108. The molecule has 0 aromatic carbocycles. The Bertz CT molecular complexity index is 322. The number of nitrogens with zero attached hydrogens (tertiary/aromatic N) is 2. The van der Waals surface area contributed by atoms with Gasteiger partial charge in [0.25, 0.3) is 0 Å². The predicted octanol–water partition coefficient (Wildman–Crippen LogP) is 0.996. The van der Waals surface area contributed by atoms with Crippen molar-refractivity contribution in [1.29, 1.82) is 0 Å². The van der Waals surface area contributed by atoms with Crippen molar-refractivity contribution in [2.75, 3.05) is 26.2 Å². The first-order valence-electron chi connectivity index (χ1n) is 6.94. The number of aliphatic hydroxyl groups excluding tert-OH is 1. The maximum atomic E-state index is 12.3. The summed E-state index contributed by atoms with van der Waals surface area (Å²) in [6, 6.07) is -1.02. The van der Waals surface area contributed by atoms with Gasteiger partial charge in [-0.1, -0.05) is 13.3 Å². The first-order chi connectivity index (χ1) is 9.04. The number of urea groups is 1. The summed E-state index contributed by atoms with van der Waals surface area (Å²) >= 11 is 0. The maximum Gasteiger partial charge on any atom is 0.326 e. The van der Waals surface area contributed by atoms with Crippen molar-refractivity contribution < 1.29 is 19.8 Å². The minimum atomic E-state index is -0.938. The quantitative estimate of drug-likeness (QED) is 0.782. The SMILES string of the molecule is CCC1CCN(C(=O)N(CC)CCO)C(C(=O)O)C1. The number of rotatable bonds is 5. The van der Waals surface area contributed by atoms with E-state index in [1.54, 1.807) is 0 Å². The molecule has 0 radical (unpaired) electrons. The van der Waals surface area contributed by atoms with Gasteiger partial charge >= 0.3 is 12.0 Å². The zero-order chi connectivity index (χ0) is 14.4. The highest BCUT2D eigenvalue weighted by Gasteiger charge is 2.37. The van der Waals surface area contributed by atoms with Crippen molar-refractivity contribution in [2.24, 2.45) is 5.92 Å². The molecule has 110 valence electrons. The normalized spacial score (nSPS) is 23.2. The predicted molar refractivity (Wildman–Crippen MR) is 70.9 cm³/mol. The monoisotopic (exact) mass is 272 g/mol. The van der Waals surface area contributed by atoms with Gasteiger partial charge in [0, 0.05) is 19.6 Å². The Kier molecular flexibility index (Phi) is 6.08. The Balaban J connectivity index is 2.78. The van der Waals surface area contributed by atoms with Gasteiger partial charge in [0.15, 0.2) is 0 Å². The third-order valence-electron chi connectivity index (χ3n) is 3.84. The van der Waals surface area contributed by atoms with Crippen LogP contribution in [0.25, 0.3) is 0 Å². The van der Waals surface area contributed by atoms with Gasteiger partial charge < -0.3 is 20.0 Å². The number of carbonyl (C=O) groups is 2. The van der Waals surface area contributed by atoms with Crippen LogP contribution >= 0.6 is 0 Å². The van der Waals surface area contributed by atoms with Crippen LogP contribution in [-0.4, -0.2) is 64.3 Å². The maximum absolute atomic E-state index is 12.3. The van der Waals surface area contributed by atoms with E-state index in [9.17, 15) is 14.7 Å². The first-order valence-corrected chi connectivity index (χ1v) is 6.94. The molecule has 0 aliphatic carbocycles. The van der Waals surface area contributed by atoms with Crippen LogP contribution in [0.3, 0.4) is 0 Å². The highest BCUT2D eigenvalue weighted by atomic mass is 16.4. The zero-order valence-corrected chi connectivity index (χ0v) is 11.7. The Labute approximate surface area is 114 Å². The van der Waals surface area contributed by atoms with Crippen LogP contribution in [0.1, 0.15) is 33.1 Å². The molecule has 1 fully saturated rings. The molecule has 2 unspecified atom stereocenters. The summed E-state index contributed by atoms with van der Waals surface area (Å²) in [4.78, 5) is 26.6. The van der Waals surface area contributed by atoms with Gasteiger partial charge in [-0.05, 0) is 25.7 Å². The molecular weight excluding hydrogens is 248 g/mol. The average molecular weight is 272 g/mol. The number of carboxylic acid groups (broad SMARTS) is 1. The largest absolute Gasteiger partial charge is 0.480 e. The van der Waals surface area contributed by atoms with Gasteiger partial charge in [0.2, 0.25) is 0 Å². The standard InChI is InChI=1S/C13H24N2O4/c1-3-10-5-6-15(11(9-10)12(17)18)13(19)14(4-2)7-8-16/h10-11,16H,3-9H2,1-2H3,(H,17,18). The van der Waals surface area contributed by atoms with Crippen molar-refractivity contribution >= 4 is 12.0 Å². The topological polar surface area (TPSA) is 81.1 Å². The molecule has 0 saturated carbocycles. The van der Waals surface area contributed by atoms with Crippen LogP contribution in [0, 0.1) is 5.92 Å². The van der Waals surface area contributed by atoms with E-state index in [0.717, 1.165) is 12.8 Å². The van der Waals surface area contributed by atoms with E-state index in [1.807, 2.05) is 13.8 Å². The molecule has 1 saturated heterocycles. The van der Waals surface area contributed by atoms with Gasteiger partial charge in [-0.25, -0.2) is 9.59 Å². The number of aliphatic hydroxyl groups is 1. The van der Waals surface area contributed by atoms with Crippen LogP contribution in [0.5, 0.6) is 0 Å². The highest BCUT2D eigenvalue weighted by molar-refractivity contribution is 5.83. The Morgan fingerprint density at radius 2 is 2.05 bits per heavy atom. The van der Waals surface area contributed by atoms with Gasteiger partial charge in [-0.2, -0.15) is 0 Å². The van der Waals surface area contributed by atoms with Crippen LogP contribution < -0.4 is 0 Å². The van der Waals surface area contributed by atoms with Gasteiger partial charge in [0.05, 0.1) is 6.61 Å². The van der Waals surface area contributed by atoms with Gasteiger partial charge in [-0.15, -0.1) is 0 Å². The second-order valence-corrected chi connectivity index (χ2v) is 4.93. The molecule has 1 heterocycles. The highest BCUT2D eigenvalue weighted by Crippen LogP contribution is 2.26. The molecule has 0 aromatic rings. The molecule has 2 N–H and O–H groups in total. The van der Waals surface area contributed by atoms with Gasteiger partial charge in [-0.3, -0.25) is 0 Å². The molecule has 0 spiro atoms. The lowest BCUT2D eigenvalue weighted by Crippen LogP contribution is -2.55. The number of aliphatic carboxylic acids is 1. The number of hydrogen-bond acceptors (Lipinski definition) is 3. The van der Waals surface area contributed by atoms with E-state index in [2.05, 4.69) is 0 Å². The smallest absolute Gasteiger partial charge is 0.326 e. The average Bonchev–Trinajstić information content (AvgIpc) is 2.43. The summed E-state index contributed by atoms with van der Waals surface area (Å²) in [5.74, 6) is -0.565. The van der Waals surface area contributed by atoms with Crippen molar-refractivity contribution in [3.05, 3.63) is 0 Å². The third-order valence-corrected chi connectivity index (χ3v) is 3.84. The van der Waals surface area contributed by atoms with E-state index in [0.29, 0.717) is 25.4 Å². The molecule has 6 nitrogen and oxygen atoms in total. The molecule has 0 aromatic heterocycles. The lowest BCUT2D eigenvalue weighted by atomic mass is 9.89. The molecule has 2 atom stereocenters. The van der Waals surface area contributed by atoms with Crippen molar-refractivity contribution in [3.8, 4) is 0 Å². The number of hydrogen-bond donors (Lipinski definition) is 2. The number of likely N-dealkylation sites (N-methyl/N-ethyl adjacent to an activating group) is 1. The Morgan fingerprint density at radius 3 is 2.53 bits per heavy atom. The number of carbonyl (C=O) groups excluding carboxylic acids is 1. The zero-order valence-electron chi connectivity index (χ0n) is 11.7. The van der Waals surface area contributed by atoms with E-state index in [4.69, 9.17) is 5.11 Å². The van der Waals surface area contributed by atoms with Gasteiger partial charge in [0.1, 0.15) is 6.04 Å². The number of amides is 2. The second-order valence-electron chi connectivity index (χ2n) is 4.93. The Morgan fingerprint density at radius 1 is 1.37 bits per heavy atom. The number of likely N-dealkylation sites (tertiary alicyclic amines) is 1. The summed E-state index contributed by atoms with van der Waals surface area (Å²) < 4.78 is 0. The van der Waals surface area contributed by atoms with E-state index in [1.165, 1.54) is 9.80 Å². The molecule has 19 heavy (non-hydrogen) atoms. The summed E-state index contributed by atoms with van der Waals surface area (Å²) in [6.45, 7) is 4.96. The molecule has 1 aliphatic rings. The molecule has 0 bridgehead atoms. The first kappa shape index (κ1) is 15.8. The van der Waals surface area contributed by atoms with Crippen LogP contribution in [0.4, 0.5) is 4.79 Å². The summed E-state index contributed by atoms with van der Waals surface area (Å²) in [5, 5.41) is 18.2. The van der Waals surface area contributed by atoms with E-state index in [-0.39, 0.29) is 19.2 Å². The fourth-order valence-corrected chi connectivity index (χ4v) is 2.56. The third kappa shape index (κ3) is 3.83. The number of piperidine rings is 1. The van der Waals surface area contributed by atoms with Crippen LogP contribution in [0.2, 0.25) is 0 Å². The summed E-state index contributed by atoms with van der Waals surface area (Å²) in [6.07, 6.45) is 2.32. The summed E-state index contributed by atoms with van der Waals surface area (Å²) in [5.41, 5.74) is 0. The molecular formula is C13H24N2O4. The lowest BCUT2D eigenvalue weighted by molar-refractivity contribution is -0.144. The lowest BCUT2D eigenvalue weighted by Gasteiger charge is -2.39. The molecule has 2 amide bonds. The van der Waals surface area contributed by atoms with E-state index < -0.39 is 12.0 Å². The van der Waals surface area contributed by atoms with Crippen LogP contribution in [-0.2, 0) is 4.79 Å². The van der Waals surface area contributed by atoms with Crippen molar-refractivity contribution in [2.45, 2.75) is 39.2 Å². The van der Waals surface area contributed by atoms with Crippen LogP contribution in [0.15, 0.2) is 0 Å². The van der Waals surface area contributed by atoms with Crippen molar-refractivity contribution in [3.63, 3.8) is 0 Å². The molecule has 1 rings (SSSR count). The Hall–Kier alpha value is -1.30. The van der Waals surface area contributed by atoms with Crippen molar-refractivity contribution in [1.82, 2.24) is 9.80 Å². The fourth-order valence-electron chi connectivity index (χ4n) is 2.56.